The van der Waals surface area contributed by atoms with Crippen molar-refractivity contribution < 1.29 is 9.59 Å². The molecule has 1 fully saturated rings. The van der Waals surface area contributed by atoms with Gasteiger partial charge in [0, 0.05) is 18.8 Å². The number of thioether (sulfide) groups is 1. The number of carbonyl (C=O) groups is 2. The molecule has 0 saturated carbocycles. The molecule has 0 aliphatic carbocycles. The van der Waals surface area contributed by atoms with Gasteiger partial charge in [-0.3, -0.25) is 19.5 Å². The zero-order valence-electron chi connectivity index (χ0n) is 12.7. The van der Waals surface area contributed by atoms with Gasteiger partial charge < -0.3 is 5.32 Å². The van der Waals surface area contributed by atoms with Gasteiger partial charge in [-0.15, -0.1) is 0 Å². The average Bonchev–Trinajstić information content (AvgIpc) is 2.83. The zero-order valence-corrected chi connectivity index (χ0v) is 14.4. The number of anilines is 1. The number of carbonyl (C=O) groups excluding carboxylic acids is 2. The third-order valence-corrected chi connectivity index (χ3v) is 4.86. The summed E-state index contributed by atoms with van der Waals surface area (Å²) in [4.78, 5) is 30.1. The van der Waals surface area contributed by atoms with Crippen LogP contribution in [-0.4, -0.2) is 33.1 Å². The van der Waals surface area contributed by atoms with E-state index in [9.17, 15) is 9.59 Å². The molecule has 2 heterocycles. The van der Waals surface area contributed by atoms with Crippen LogP contribution in [0, 0.1) is 0 Å². The highest BCUT2D eigenvalue weighted by atomic mass is 32.2. The molecule has 0 radical (unpaired) electrons. The molecule has 0 spiro atoms. The molecule has 1 aromatic heterocycles. The van der Waals surface area contributed by atoms with Crippen molar-refractivity contribution in [1.82, 2.24) is 9.88 Å². The molecule has 1 aromatic carbocycles. The molecule has 1 aliphatic rings. The fourth-order valence-electron chi connectivity index (χ4n) is 2.07. The molecular weight excluding hydrogens is 342 g/mol. The van der Waals surface area contributed by atoms with Crippen LogP contribution in [0.4, 0.5) is 5.69 Å². The summed E-state index contributed by atoms with van der Waals surface area (Å²) in [5, 5.41) is 2.77. The Bertz CT molecular complexity index is 833. The highest BCUT2D eigenvalue weighted by Crippen LogP contribution is 2.31. The van der Waals surface area contributed by atoms with Crippen molar-refractivity contribution in [1.29, 1.82) is 0 Å². The van der Waals surface area contributed by atoms with Crippen LogP contribution in [0.2, 0.25) is 0 Å². The highest BCUT2D eigenvalue weighted by Gasteiger charge is 2.28. The standard InChI is InChI=1S/C17H13N3O2S2/c1-20-16(22)14(24-17(20)23)9-11-4-6-12(7-5-11)15(21)19-13-3-2-8-18-10-13/h2-10H,1H3,(H,19,21)/b14-9-. The fraction of sp³-hybridized carbons (Fsp3) is 0.0588. The van der Waals surface area contributed by atoms with Gasteiger partial charge in [0.05, 0.1) is 16.8 Å². The first-order chi connectivity index (χ1) is 11.5. The lowest BCUT2D eigenvalue weighted by Gasteiger charge is -2.05. The summed E-state index contributed by atoms with van der Waals surface area (Å²) in [5.74, 6) is -0.321. The quantitative estimate of drug-likeness (QED) is 0.677. The number of nitrogens with zero attached hydrogens (tertiary/aromatic N) is 2. The van der Waals surface area contributed by atoms with Gasteiger partial charge in [0.15, 0.2) is 0 Å². The Morgan fingerprint density at radius 2 is 2.04 bits per heavy atom. The van der Waals surface area contributed by atoms with Gasteiger partial charge in [-0.1, -0.05) is 36.1 Å². The summed E-state index contributed by atoms with van der Waals surface area (Å²) in [7, 11) is 1.66. The van der Waals surface area contributed by atoms with Crippen LogP contribution in [0.15, 0.2) is 53.7 Å². The molecule has 5 nitrogen and oxygen atoms in total. The number of amides is 2. The smallest absolute Gasteiger partial charge is 0.265 e. The molecule has 1 aliphatic heterocycles. The fourth-order valence-corrected chi connectivity index (χ4v) is 3.25. The molecule has 0 atom stereocenters. The van der Waals surface area contributed by atoms with E-state index in [0.717, 1.165) is 5.56 Å². The maximum atomic E-state index is 12.2. The second-order valence-electron chi connectivity index (χ2n) is 5.06. The number of likely N-dealkylation sites (N-methyl/N-ethyl adjacent to an activating group) is 1. The molecule has 2 amide bonds. The second kappa shape index (κ2) is 6.94. The third-order valence-electron chi connectivity index (χ3n) is 3.38. The van der Waals surface area contributed by atoms with E-state index in [4.69, 9.17) is 12.2 Å². The molecule has 3 rings (SSSR count). The Morgan fingerprint density at radius 1 is 1.29 bits per heavy atom. The molecule has 7 heteroatoms. The number of thiocarbonyl (C=S) groups is 1. The Labute approximate surface area is 148 Å². The Balaban J connectivity index is 1.73. The maximum absolute atomic E-state index is 12.2. The van der Waals surface area contributed by atoms with Crippen LogP contribution in [0.25, 0.3) is 6.08 Å². The Kier molecular flexibility index (Phi) is 4.73. The number of nitrogens with one attached hydrogen (secondary N) is 1. The van der Waals surface area contributed by atoms with E-state index in [0.29, 0.717) is 20.5 Å². The molecule has 0 bridgehead atoms. The van der Waals surface area contributed by atoms with Crippen molar-refractivity contribution in [2.75, 3.05) is 12.4 Å². The predicted octanol–water partition coefficient (Wildman–Crippen LogP) is 3.16. The monoisotopic (exact) mass is 355 g/mol. The normalized spacial score (nSPS) is 15.9. The van der Waals surface area contributed by atoms with Crippen molar-refractivity contribution in [2.45, 2.75) is 0 Å². The molecule has 1 saturated heterocycles. The molecule has 1 N–H and O–H groups in total. The number of aromatic nitrogens is 1. The van der Waals surface area contributed by atoms with E-state index in [1.807, 2.05) is 0 Å². The number of hydrogen-bond donors (Lipinski definition) is 1. The first kappa shape index (κ1) is 16.4. The lowest BCUT2D eigenvalue weighted by molar-refractivity contribution is -0.121. The van der Waals surface area contributed by atoms with E-state index in [1.54, 1.807) is 61.9 Å². The molecule has 2 aromatic rings. The largest absolute Gasteiger partial charge is 0.321 e. The lowest BCUT2D eigenvalue weighted by atomic mass is 10.1. The Morgan fingerprint density at radius 3 is 2.62 bits per heavy atom. The van der Waals surface area contributed by atoms with Gasteiger partial charge in [-0.25, -0.2) is 0 Å². The van der Waals surface area contributed by atoms with E-state index in [2.05, 4.69) is 10.3 Å². The summed E-state index contributed by atoms with van der Waals surface area (Å²) in [6, 6.07) is 10.5. The van der Waals surface area contributed by atoms with E-state index in [-0.39, 0.29) is 11.8 Å². The maximum Gasteiger partial charge on any atom is 0.265 e. The van der Waals surface area contributed by atoms with Gasteiger partial charge >= 0.3 is 0 Å². The Hall–Kier alpha value is -2.51. The van der Waals surface area contributed by atoms with Crippen molar-refractivity contribution in [2.24, 2.45) is 0 Å². The van der Waals surface area contributed by atoms with Crippen molar-refractivity contribution in [3.05, 3.63) is 64.8 Å². The van der Waals surface area contributed by atoms with Crippen LogP contribution in [-0.2, 0) is 4.79 Å². The third kappa shape index (κ3) is 3.52. The molecule has 120 valence electrons. The number of hydrogen-bond acceptors (Lipinski definition) is 5. The molecule has 0 unspecified atom stereocenters. The minimum atomic E-state index is -0.213. The van der Waals surface area contributed by atoms with Gasteiger partial charge in [0.2, 0.25) is 0 Å². The van der Waals surface area contributed by atoms with Crippen LogP contribution in [0.1, 0.15) is 15.9 Å². The zero-order chi connectivity index (χ0) is 17.1. The topological polar surface area (TPSA) is 62.3 Å². The summed E-state index contributed by atoms with van der Waals surface area (Å²) in [6.07, 6.45) is 4.99. The van der Waals surface area contributed by atoms with E-state index >= 15 is 0 Å². The minimum absolute atomic E-state index is 0.108. The summed E-state index contributed by atoms with van der Waals surface area (Å²) in [6.45, 7) is 0. The number of rotatable bonds is 3. The average molecular weight is 355 g/mol. The van der Waals surface area contributed by atoms with Gasteiger partial charge in [0.25, 0.3) is 11.8 Å². The number of benzene rings is 1. The van der Waals surface area contributed by atoms with Gasteiger partial charge in [-0.2, -0.15) is 0 Å². The lowest BCUT2D eigenvalue weighted by Crippen LogP contribution is -2.22. The first-order valence-corrected chi connectivity index (χ1v) is 8.30. The molecular formula is C17H13N3O2S2. The summed E-state index contributed by atoms with van der Waals surface area (Å²) in [5.41, 5.74) is 2.00. The summed E-state index contributed by atoms with van der Waals surface area (Å²) < 4.78 is 0.540. The summed E-state index contributed by atoms with van der Waals surface area (Å²) >= 11 is 6.37. The van der Waals surface area contributed by atoms with Crippen molar-refractivity contribution in [3.63, 3.8) is 0 Å². The predicted molar refractivity (Wildman–Crippen MR) is 99.6 cm³/mol. The van der Waals surface area contributed by atoms with E-state index in [1.165, 1.54) is 16.7 Å². The van der Waals surface area contributed by atoms with Crippen LogP contribution < -0.4 is 5.32 Å². The van der Waals surface area contributed by atoms with Gasteiger partial charge in [0.1, 0.15) is 4.32 Å². The van der Waals surface area contributed by atoms with E-state index < -0.39 is 0 Å². The van der Waals surface area contributed by atoms with Crippen LogP contribution >= 0.6 is 24.0 Å². The van der Waals surface area contributed by atoms with Crippen molar-refractivity contribution >= 4 is 51.9 Å². The number of pyridine rings is 1. The van der Waals surface area contributed by atoms with Crippen LogP contribution in [0.3, 0.4) is 0 Å². The SMILES string of the molecule is CN1C(=O)/C(=C/c2ccc(C(=O)Nc3cccnc3)cc2)SC1=S. The second-order valence-corrected chi connectivity index (χ2v) is 6.73. The minimum Gasteiger partial charge on any atom is -0.321 e. The molecule has 24 heavy (non-hydrogen) atoms. The van der Waals surface area contributed by atoms with Gasteiger partial charge in [-0.05, 0) is 35.9 Å². The van der Waals surface area contributed by atoms with Crippen molar-refractivity contribution in [3.8, 4) is 0 Å². The van der Waals surface area contributed by atoms with Crippen LogP contribution in [0.5, 0.6) is 0 Å². The first-order valence-electron chi connectivity index (χ1n) is 7.07. The highest BCUT2D eigenvalue weighted by molar-refractivity contribution is 8.26.